The standard InChI is InChI=1S/C20H20IN3O/c1-3-24(4-2)13-6-8-17-18(10-13)25-19-11-16(22)14-7-5-12(21)9-15(14)20(19)23-17/h5-11,23H,3-4,22H2,1-2H3. The maximum absolute atomic E-state index is 6.25. The van der Waals surface area contributed by atoms with Gasteiger partial charge in [0, 0.05) is 50.9 Å². The van der Waals surface area contributed by atoms with Gasteiger partial charge in [-0.2, -0.15) is 0 Å². The molecule has 0 fully saturated rings. The zero-order valence-electron chi connectivity index (χ0n) is 14.3. The fourth-order valence-corrected chi connectivity index (χ4v) is 3.84. The Bertz CT molecular complexity index is 967. The number of fused-ring (bicyclic) bond motifs is 4. The number of nitrogen functional groups attached to an aromatic ring is 1. The first kappa shape index (κ1) is 16.3. The maximum atomic E-state index is 6.25. The van der Waals surface area contributed by atoms with Crippen molar-refractivity contribution in [2.24, 2.45) is 0 Å². The zero-order chi connectivity index (χ0) is 17.6. The van der Waals surface area contributed by atoms with Crippen LogP contribution in [0.5, 0.6) is 11.5 Å². The van der Waals surface area contributed by atoms with E-state index in [1.165, 1.54) is 3.57 Å². The molecule has 1 aliphatic rings. The first-order chi connectivity index (χ1) is 12.1. The Hall–Kier alpha value is -2.15. The second kappa shape index (κ2) is 6.29. The van der Waals surface area contributed by atoms with Crippen LogP contribution in [0.3, 0.4) is 0 Å². The molecule has 0 saturated carbocycles. The number of hydrogen-bond donors (Lipinski definition) is 2. The molecule has 1 aliphatic heterocycles. The van der Waals surface area contributed by atoms with Gasteiger partial charge in [-0.05, 0) is 60.7 Å². The normalized spacial score (nSPS) is 12.1. The van der Waals surface area contributed by atoms with Gasteiger partial charge in [-0.25, -0.2) is 0 Å². The van der Waals surface area contributed by atoms with Crippen LogP contribution in [0.4, 0.5) is 22.7 Å². The molecule has 0 aromatic heterocycles. The van der Waals surface area contributed by atoms with Gasteiger partial charge in [-0.1, -0.05) is 6.07 Å². The Morgan fingerprint density at radius 2 is 1.80 bits per heavy atom. The van der Waals surface area contributed by atoms with Gasteiger partial charge in [0.15, 0.2) is 11.5 Å². The topological polar surface area (TPSA) is 50.5 Å². The number of halogens is 1. The fourth-order valence-electron chi connectivity index (χ4n) is 3.35. The quantitative estimate of drug-likeness (QED) is 0.313. The molecular formula is C20H20IN3O. The molecule has 0 aliphatic carbocycles. The second-order valence-electron chi connectivity index (χ2n) is 6.11. The summed E-state index contributed by atoms with van der Waals surface area (Å²) in [4.78, 5) is 2.30. The highest BCUT2D eigenvalue weighted by Gasteiger charge is 2.21. The van der Waals surface area contributed by atoms with Crippen LogP contribution in [0, 0.1) is 3.57 Å². The molecule has 0 radical (unpaired) electrons. The Kier molecular flexibility index (Phi) is 4.11. The van der Waals surface area contributed by atoms with E-state index >= 15 is 0 Å². The van der Waals surface area contributed by atoms with E-state index in [0.29, 0.717) is 0 Å². The highest BCUT2D eigenvalue weighted by Crippen LogP contribution is 2.48. The first-order valence-corrected chi connectivity index (χ1v) is 9.54. The lowest BCUT2D eigenvalue weighted by Crippen LogP contribution is -2.21. The molecular weight excluding hydrogens is 425 g/mol. The molecule has 25 heavy (non-hydrogen) atoms. The Labute approximate surface area is 161 Å². The van der Waals surface area contributed by atoms with Gasteiger partial charge < -0.3 is 20.7 Å². The van der Waals surface area contributed by atoms with Gasteiger partial charge in [0.2, 0.25) is 0 Å². The molecule has 128 valence electrons. The first-order valence-electron chi connectivity index (χ1n) is 8.46. The minimum Gasteiger partial charge on any atom is -0.453 e. The molecule has 0 amide bonds. The summed E-state index contributed by atoms with van der Waals surface area (Å²) < 4.78 is 7.38. The molecule has 4 rings (SSSR count). The maximum Gasteiger partial charge on any atom is 0.153 e. The molecule has 0 bridgehead atoms. The third-order valence-corrected chi connectivity index (χ3v) is 5.34. The number of nitrogens with zero attached hydrogens (tertiary/aromatic N) is 1. The molecule has 3 aromatic carbocycles. The molecule has 3 N–H and O–H groups in total. The molecule has 1 heterocycles. The van der Waals surface area contributed by atoms with Crippen LogP contribution in [0.15, 0.2) is 42.5 Å². The highest BCUT2D eigenvalue weighted by molar-refractivity contribution is 14.1. The van der Waals surface area contributed by atoms with Gasteiger partial charge in [-0.15, -0.1) is 0 Å². The van der Waals surface area contributed by atoms with Crippen LogP contribution in [0.25, 0.3) is 10.8 Å². The lowest BCUT2D eigenvalue weighted by atomic mass is 10.0. The van der Waals surface area contributed by atoms with E-state index in [2.05, 4.69) is 83.1 Å². The van der Waals surface area contributed by atoms with E-state index in [0.717, 1.165) is 58.1 Å². The van der Waals surface area contributed by atoms with Crippen molar-refractivity contribution in [2.75, 3.05) is 29.0 Å². The van der Waals surface area contributed by atoms with Crippen LogP contribution in [-0.4, -0.2) is 13.1 Å². The minimum atomic E-state index is 0.732. The molecule has 5 heteroatoms. The molecule has 4 nitrogen and oxygen atoms in total. The van der Waals surface area contributed by atoms with Crippen LogP contribution >= 0.6 is 22.6 Å². The predicted molar refractivity (Wildman–Crippen MR) is 114 cm³/mol. The molecule has 0 spiro atoms. The Morgan fingerprint density at radius 1 is 1.00 bits per heavy atom. The number of rotatable bonds is 3. The van der Waals surface area contributed by atoms with Crippen molar-refractivity contribution in [1.29, 1.82) is 0 Å². The summed E-state index contributed by atoms with van der Waals surface area (Å²) in [5.74, 6) is 1.61. The fraction of sp³-hybridized carbons (Fsp3) is 0.200. The average molecular weight is 445 g/mol. The summed E-state index contributed by atoms with van der Waals surface area (Å²) in [5.41, 5.74) is 10.1. The largest absolute Gasteiger partial charge is 0.453 e. The van der Waals surface area contributed by atoms with E-state index in [9.17, 15) is 0 Å². The SMILES string of the molecule is CCN(CC)c1ccc2c(c1)Oc1cc(N)c3ccc(I)cc3c1N2. The van der Waals surface area contributed by atoms with Crippen LogP contribution in [-0.2, 0) is 0 Å². The van der Waals surface area contributed by atoms with Crippen molar-refractivity contribution < 1.29 is 4.74 Å². The monoisotopic (exact) mass is 445 g/mol. The van der Waals surface area contributed by atoms with Gasteiger partial charge >= 0.3 is 0 Å². The number of nitrogens with two attached hydrogens (primary N) is 1. The number of benzene rings is 3. The van der Waals surface area contributed by atoms with E-state index in [1.807, 2.05) is 6.07 Å². The second-order valence-corrected chi connectivity index (χ2v) is 7.35. The van der Waals surface area contributed by atoms with E-state index in [4.69, 9.17) is 10.5 Å². The van der Waals surface area contributed by atoms with Gasteiger partial charge in [-0.3, -0.25) is 0 Å². The average Bonchev–Trinajstić information content (AvgIpc) is 2.61. The van der Waals surface area contributed by atoms with Crippen molar-refractivity contribution in [1.82, 2.24) is 0 Å². The number of ether oxygens (including phenoxy) is 1. The molecule has 0 saturated heterocycles. The van der Waals surface area contributed by atoms with Crippen LogP contribution in [0.1, 0.15) is 13.8 Å². The third kappa shape index (κ3) is 2.76. The number of anilines is 4. The number of nitrogens with one attached hydrogen (secondary N) is 1. The lowest BCUT2D eigenvalue weighted by molar-refractivity contribution is 0.482. The van der Waals surface area contributed by atoms with Crippen molar-refractivity contribution in [3.8, 4) is 11.5 Å². The summed E-state index contributed by atoms with van der Waals surface area (Å²) in [5, 5.41) is 5.66. The lowest BCUT2D eigenvalue weighted by Gasteiger charge is -2.27. The predicted octanol–water partition coefficient (Wildman–Crippen LogP) is 5.72. The van der Waals surface area contributed by atoms with Crippen molar-refractivity contribution in [3.63, 3.8) is 0 Å². The van der Waals surface area contributed by atoms with Gasteiger partial charge in [0.25, 0.3) is 0 Å². The van der Waals surface area contributed by atoms with E-state index in [1.54, 1.807) is 0 Å². The summed E-state index contributed by atoms with van der Waals surface area (Å²) in [6.07, 6.45) is 0. The van der Waals surface area contributed by atoms with E-state index in [-0.39, 0.29) is 0 Å². The molecule has 0 unspecified atom stereocenters. The third-order valence-electron chi connectivity index (χ3n) is 4.67. The summed E-state index contributed by atoms with van der Waals surface area (Å²) >= 11 is 2.32. The van der Waals surface area contributed by atoms with Gasteiger partial charge in [0.05, 0.1) is 11.4 Å². The van der Waals surface area contributed by atoms with Crippen LogP contribution in [0.2, 0.25) is 0 Å². The summed E-state index contributed by atoms with van der Waals surface area (Å²) in [7, 11) is 0. The van der Waals surface area contributed by atoms with Gasteiger partial charge in [0.1, 0.15) is 0 Å². The Morgan fingerprint density at radius 3 is 2.56 bits per heavy atom. The number of hydrogen-bond acceptors (Lipinski definition) is 4. The Balaban J connectivity index is 1.82. The molecule has 3 aromatic rings. The highest BCUT2D eigenvalue weighted by atomic mass is 127. The minimum absolute atomic E-state index is 0.732. The zero-order valence-corrected chi connectivity index (χ0v) is 16.4. The van der Waals surface area contributed by atoms with E-state index < -0.39 is 0 Å². The van der Waals surface area contributed by atoms with Crippen molar-refractivity contribution in [3.05, 3.63) is 46.0 Å². The van der Waals surface area contributed by atoms with Crippen molar-refractivity contribution >= 4 is 56.1 Å². The van der Waals surface area contributed by atoms with Crippen molar-refractivity contribution in [2.45, 2.75) is 13.8 Å². The summed E-state index contributed by atoms with van der Waals surface area (Å²) in [6.45, 7) is 6.25. The smallest absolute Gasteiger partial charge is 0.153 e. The van der Waals surface area contributed by atoms with Crippen LogP contribution < -0.4 is 20.7 Å². The molecule has 0 atom stereocenters. The summed E-state index contributed by atoms with van der Waals surface area (Å²) in [6, 6.07) is 14.5.